The standard InChI is InChI=1S/C29H34N4O3S/c34-29(32-18-21-11-13-23(14-12-21)37(35,36)24-10-7-16-30-19-24)28-27(25-20-31-17-15-26(25)33-28)22-8-5-3-1-2-4-6-9-22/h7,10-17,19-20,22,27-28,33H,1-6,8-9,18H2,(H,32,34). The van der Waals surface area contributed by atoms with Gasteiger partial charge in [-0.3, -0.25) is 14.8 Å². The topological polar surface area (TPSA) is 101 Å². The van der Waals surface area contributed by atoms with Crippen molar-refractivity contribution in [1.29, 1.82) is 0 Å². The van der Waals surface area contributed by atoms with Crippen LogP contribution in [-0.4, -0.2) is 30.3 Å². The van der Waals surface area contributed by atoms with Crippen molar-refractivity contribution in [2.75, 3.05) is 5.32 Å². The molecule has 2 aliphatic rings. The number of fused-ring (bicyclic) bond motifs is 1. The third-order valence-corrected chi connectivity index (χ3v) is 9.47. The van der Waals surface area contributed by atoms with E-state index in [0.29, 0.717) is 12.5 Å². The normalized spacial score (nSPS) is 20.6. The number of aromatic nitrogens is 2. The number of hydrogen-bond acceptors (Lipinski definition) is 6. The van der Waals surface area contributed by atoms with E-state index in [2.05, 4.69) is 20.6 Å². The van der Waals surface area contributed by atoms with Crippen LogP contribution in [0.15, 0.2) is 77.0 Å². The van der Waals surface area contributed by atoms with Crippen LogP contribution in [0.25, 0.3) is 0 Å². The zero-order valence-corrected chi connectivity index (χ0v) is 21.8. The Morgan fingerprint density at radius 2 is 1.57 bits per heavy atom. The van der Waals surface area contributed by atoms with Crippen molar-refractivity contribution in [3.05, 3.63) is 78.4 Å². The number of nitrogens with zero attached hydrogens (tertiary/aromatic N) is 2. The summed E-state index contributed by atoms with van der Waals surface area (Å²) in [6.07, 6.45) is 16.4. The summed E-state index contributed by atoms with van der Waals surface area (Å²) in [5.74, 6) is 0.519. The minimum Gasteiger partial charge on any atom is -0.373 e. The number of rotatable bonds is 6. The molecule has 0 saturated heterocycles. The Balaban J connectivity index is 1.28. The highest BCUT2D eigenvalue weighted by Gasteiger charge is 2.41. The molecule has 1 saturated carbocycles. The number of nitrogens with one attached hydrogen (secondary N) is 2. The predicted molar refractivity (Wildman–Crippen MR) is 143 cm³/mol. The van der Waals surface area contributed by atoms with Crippen molar-refractivity contribution in [2.24, 2.45) is 5.92 Å². The molecule has 0 spiro atoms. The number of anilines is 1. The van der Waals surface area contributed by atoms with Crippen LogP contribution in [-0.2, 0) is 21.2 Å². The van der Waals surface area contributed by atoms with Crippen molar-refractivity contribution < 1.29 is 13.2 Å². The highest BCUT2D eigenvalue weighted by molar-refractivity contribution is 7.91. The third kappa shape index (κ3) is 5.69. The predicted octanol–water partition coefficient (Wildman–Crippen LogP) is 5.25. The Morgan fingerprint density at radius 3 is 2.27 bits per heavy atom. The lowest BCUT2D eigenvalue weighted by Crippen LogP contribution is -2.42. The van der Waals surface area contributed by atoms with E-state index in [4.69, 9.17) is 0 Å². The van der Waals surface area contributed by atoms with Crippen LogP contribution in [0.1, 0.15) is 68.4 Å². The molecule has 3 aromatic rings. The summed E-state index contributed by atoms with van der Waals surface area (Å²) in [5, 5.41) is 6.57. The molecule has 1 aliphatic heterocycles. The Morgan fingerprint density at radius 1 is 0.865 bits per heavy atom. The Kier molecular flexibility index (Phi) is 7.84. The summed E-state index contributed by atoms with van der Waals surface area (Å²) in [6, 6.07) is 11.4. The highest BCUT2D eigenvalue weighted by atomic mass is 32.2. The SMILES string of the molecule is O=C(NCc1ccc(S(=O)(=O)c2cccnc2)cc1)C1Nc2ccncc2C1C1CCCCCCCC1. The Labute approximate surface area is 219 Å². The summed E-state index contributed by atoms with van der Waals surface area (Å²) in [6.45, 7) is 0.330. The molecule has 0 bridgehead atoms. The molecule has 37 heavy (non-hydrogen) atoms. The number of benzene rings is 1. The van der Waals surface area contributed by atoms with Crippen molar-refractivity contribution in [3.63, 3.8) is 0 Å². The van der Waals surface area contributed by atoms with E-state index in [-0.39, 0.29) is 27.7 Å². The fourth-order valence-corrected chi connectivity index (χ4v) is 6.97. The number of sulfone groups is 1. The van der Waals surface area contributed by atoms with Gasteiger partial charge >= 0.3 is 0 Å². The number of pyridine rings is 2. The van der Waals surface area contributed by atoms with Gasteiger partial charge in [0.1, 0.15) is 6.04 Å². The van der Waals surface area contributed by atoms with Gasteiger partial charge in [-0.15, -0.1) is 0 Å². The van der Waals surface area contributed by atoms with E-state index in [1.165, 1.54) is 50.8 Å². The molecule has 5 rings (SSSR count). The van der Waals surface area contributed by atoms with Crippen LogP contribution in [0, 0.1) is 5.92 Å². The second-order valence-corrected chi connectivity index (χ2v) is 12.1. The molecule has 8 heteroatoms. The average Bonchev–Trinajstić information content (AvgIpc) is 3.37. The van der Waals surface area contributed by atoms with E-state index in [1.54, 1.807) is 42.7 Å². The molecule has 1 aromatic carbocycles. The minimum absolute atomic E-state index is 0.0341. The van der Waals surface area contributed by atoms with E-state index in [1.807, 2.05) is 12.3 Å². The summed E-state index contributed by atoms with van der Waals surface area (Å²) in [5.41, 5.74) is 3.00. The van der Waals surface area contributed by atoms with Crippen molar-refractivity contribution in [1.82, 2.24) is 15.3 Å². The molecule has 0 radical (unpaired) electrons. The molecule has 1 aliphatic carbocycles. The van der Waals surface area contributed by atoms with E-state index in [0.717, 1.165) is 29.7 Å². The van der Waals surface area contributed by atoms with Gasteiger partial charge < -0.3 is 10.6 Å². The van der Waals surface area contributed by atoms with E-state index >= 15 is 0 Å². The molecule has 1 fully saturated rings. The van der Waals surface area contributed by atoms with Crippen molar-refractivity contribution >= 4 is 21.4 Å². The lowest BCUT2D eigenvalue weighted by atomic mass is 9.78. The van der Waals surface area contributed by atoms with Gasteiger partial charge in [-0.1, -0.05) is 50.7 Å². The maximum Gasteiger partial charge on any atom is 0.243 e. The Bertz CT molecular complexity index is 1300. The monoisotopic (exact) mass is 518 g/mol. The zero-order valence-electron chi connectivity index (χ0n) is 21.0. The van der Waals surface area contributed by atoms with Crippen LogP contribution in [0.2, 0.25) is 0 Å². The smallest absolute Gasteiger partial charge is 0.243 e. The molecule has 2 atom stereocenters. The second-order valence-electron chi connectivity index (χ2n) is 10.1. The first-order chi connectivity index (χ1) is 18.0. The fraction of sp³-hybridized carbons (Fsp3) is 0.414. The summed E-state index contributed by atoms with van der Waals surface area (Å²) < 4.78 is 25.6. The number of amides is 1. The van der Waals surface area contributed by atoms with Crippen molar-refractivity contribution in [3.8, 4) is 0 Å². The van der Waals surface area contributed by atoms with Gasteiger partial charge in [-0.25, -0.2) is 8.42 Å². The molecule has 2 unspecified atom stereocenters. The van der Waals surface area contributed by atoms with Gasteiger partial charge in [-0.2, -0.15) is 0 Å². The van der Waals surface area contributed by atoms with Crippen LogP contribution in [0.3, 0.4) is 0 Å². The van der Waals surface area contributed by atoms with Crippen LogP contribution in [0.5, 0.6) is 0 Å². The number of hydrogen-bond donors (Lipinski definition) is 2. The van der Waals surface area contributed by atoms with Gasteiger partial charge in [0.05, 0.1) is 9.79 Å². The number of carbonyl (C=O) groups is 1. The molecule has 1 amide bonds. The maximum atomic E-state index is 13.5. The molecule has 2 N–H and O–H groups in total. The first-order valence-corrected chi connectivity index (χ1v) is 14.7. The molecular formula is C29H34N4O3S. The lowest BCUT2D eigenvalue weighted by Gasteiger charge is -2.28. The quantitative estimate of drug-likeness (QED) is 0.462. The largest absolute Gasteiger partial charge is 0.373 e. The van der Waals surface area contributed by atoms with Gasteiger partial charge in [-0.05, 0) is 60.2 Å². The van der Waals surface area contributed by atoms with Crippen LogP contribution in [0.4, 0.5) is 5.69 Å². The first kappa shape index (κ1) is 25.4. The molecule has 7 nitrogen and oxygen atoms in total. The van der Waals surface area contributed by atoms with Crippen LogP contribution >= 0.6 is 0 Å². The molecule has 194 valence electrons. The number of carbonyl (C=O) groups excluding carboxylic acids is 1. The van der Waals surface area contributed by atoms with Crippen LogP contribution < -0.4 is 10.6 Å². The fourth-order valence-electron chi connectivity index (χ4n) is 5.75. The highest BCUT2D eigenvalue weighted by Crippen LogP contribution is 2.44. The van der Waals surface area contributed by atoms with Gasteiger partial charge in [0.2, 0.25) is 15.7 Å². The summed E-state index contributed by atoms with van der Waals surface area (Å²) in [7, 11) is -3.62. The van der Waals surface area contributed by atoms with Gasteiger partial charge in [0, 0.05) is 42.9 Å². The average molecular weight is 519 g/mol. The maximum absolute atomic E-state index is 13.5. The Hall–Kier alpha value is -3.26. The third-order valence-electron chi connectivity index (χ3n) is 7.72. The second kappa shape index (κ2) is 11.4. The molecular weight excluding hydrogens is 484 g/mol. The zero-order chi connectivity index (χ0) is 25.7. The van der Waals surface area contributed by atoms with Crippen molar-refractivity contribution in [2.45, 2.75) is 79.7 Å². The molecule has 3 heterocycles. The van der Waals surface area contributed by atoms with E-state index < -0.39 is 9.84 Å². The lowest BCUT2D eigenvalue weighted by molar-refractivity contribution is -0.122. The summed E-state index contributed by atoms with van der Waals surface area (Å²) >= 11 is 0. The molecule has 2 aromatic heterocycles. The first-order valence-electron chi connectivity index (χ1n) is 13.3. The summed E-state index contributed by atoms with van der Waals surface area (Å²) in [4.78, 5) is 22.1. The van der Waals surface area contributed by atoms with Gasteiger partial charge in [0.15, 0.2) is 0 Å². The van der Waals surface area contributed by atoms with Gasteiger partial charge in [0.25, 0.3) is 0 Å². The minimum atomic E-state index is -3.62. The van der Waals surface area contributed by atoms with E-state index in [9.17, 15) is 13.2 Å².